The lowest BCUT2D eigenvalue weighted by Gasteiger charge is -2.11. The molecule has 20 heavy (non-hydrogen) atoms. The van der Waals surface area contributed by atoms with Crippen molar-refractivity contribution in [2.75, 3.05) is 13.1 Å². The van der Waals surface area contributed by atoms with Gasteiger partial charge in [-0.3, -0.25) is 4.99 Å². The Hall–Kier alpha value is -2.00. The molecule has 0 fully saturated rings. The van der Waals surface area contributed by atoms with Gasteiger partial charge in [0.15, 0.2) is 0 Å². The Morgan fingerprint density at radius 2 is 1.90 bits per heavy atom. The first-order chi connectivity index (χ1) is 9.83. The number of rotatable bonds is 4. The first kappa shape index (κ1) is 13.0. The zero-order valence-corrected chi connectivity index (χ0v) is 11.7. The average Bonchev–Trinajstić information content (AvgIpc) is 3.01. The van der Waals surface area contributed by atoms with Gasteiger partial charge in [-0.05, 0) is 29.8 Å². The van der Waals surface area contributed by atoms with Crippen molar-refractivity contribution in [2.24, 2.45) is 4.99 Å². The fourth-order valence-electron chi connectivity index (χ4n) is 2.11. The normalized spacial score (nSPS) is 13.8. The van der Waals surface area contributed by atoms with Gasteiger partial charge in [0, 0.05) is 11.6 Å². The lowest BCUT2D eigenvalue weighted by atomic mass is 10.2. The van der Waals surface area contributed by atoms with Crippen LogP contribution in [0.1, 0.15) is 11.1 Å². The van der Waals surface area contributed by atoms with E-state index in [9.17, 15) is 0 Å². The number of benzene rings is 2. The summed E-state index contributed by atoms with van der Waals surface area (Å²) in [7, 11) is 0. The zero-order valence-electron chi connectivity index (χ0n) is 11.0. The highest BCUT2D eigenvalue weighted by Gasteiger charge is 2.12. The SMILES string of the molecule is Clc1ccc(COc2ccccc2C2=NCCN2)cc1. The molecule has 4 heteroatoms. The smallest absolute Gasteiger partial charge is 0.132 e. The minimum absolute atomic E-state index is 0.515. The Balaban J connectivity index is 1.75. The highest BCUT2D eigenvalue weighted by Crippen LogP contribution is 2.21. The van der Waals surface area contributed by atoms with E-state index in [1.165, 1.54) is 0 Å². The summed E-state index contributed by atoms with van der Waals surface area (Å²) < 4.78 is 5.91. The average molecular weight is 287 g/mol. The topological polar surface area (TPSA) is 33.6 Å². The Morgan fingerprint density at radius 3 is 2.65 bits per heavy atom. The predicted octanol–water partition coefficient (Wildman–Crippen LogP) is 3.27. The van der Waals surface area contributed by atoms with Crippen LogP contribution < -0.4 is 10.1 Å². The van der Waals surface area contributed by atoms with E-state index in [4.69, 9.17) is 16.3 Å². The van der Waals surface area contributed by atoms with E-state index in [2.05, 4.69) is 10.3 Å². The number of ether oxygens (including phenoxy) is 1. The zero-order chi connectivity index (χ0) is 13.8. The molecule has 0 bridgehead atoms. The molecule has 0 aromatic heterocycles. The summed E-state index contributed by atoms with van der Waals surface area (Å²) in [4.78, 5) is 4.44. The van der Waals surface area contributed by atoms with Crippen LogP contribution >= 0.6 is 11.6 Å². The first-order valence-electron chi connectivity index (χ1n) is 6.58. The molecule has 0 saturated heterocycles. The molecule has 0 unspecified atom stereocenters. The minimum Gasteiger partial charge on any atom is -0.488 e. The number of hydrogen-bond acceptors (Lipinski definition) is 3. The molecule has 0 radical (unpaired) electrons. The maximum Gasteiger partial charge on any atom is 0.132 e. The van der Waals surface area contributed by atoms with Gasteiger partial charge in [-0.25, -0.2) is 0 Å². The van der Waals surface area contributed by atoms with Crippen molar-refractivity contribution in [3.63, 3.8) is 0 Å². The summed E-state index contributed by atoms with van der Waals surface area (Å²) in [5, 5.41) is 4.01. The van der Waals surface area contributed by atoms with E-state index in [0.29, 0.717) is 6.61 Å². The summed E-state index contributed by atoms with van der Waals surface area (Å²) in [6.07, 6.45) is 0. The number of nitrogens with zero attached hydrogens (tertiary/aromatic N) is 1. The maximum absolute atomic E-state index is 5.91. The van der Waals surface area contributed by atoms with Crippen LogP contribution in [0, 0.1) is 0 Å². The van der Waals surface area contributed by atoms with Gasteiger partial charge in [0.05, 0.1) is 12.1 Å². The van der Waals surface area contributed by atoms with Gasteiger partial charge in [0.25, 0.3) is 0 Å². The molecule has 1 N–H and O–H groups in total. The highest BCUT2D eigenvalue weighted by molar-refractivity contribution is 6.30. The van der Waals surface area contributed by atoms with Gasteiger partial charge in [0.2, 0.25) is 0 Å². The van der Waals surface area contributed by atoms with E-state index in [1.54, 1.807) is 0 Å². The summed E-state index contributed by atoms with van der Waals surface area (Å²) in [6, 6.07) is 15.6. The molecule has 2 aromatic rings. The Labute approximate surface area is 123 Å². The molecular formula is C16H15ClN2O. The van der Waals surface area contributed by atoms with Crippen molar-refractivity contribution in [3.8, 4) is 5.75 Å². The first-order valence-corrected chi connectivity index (χ1v) is 6.96. The fraction of sp³-hybridized carbons (Fsp3) is 0.188. The standard InChI is InChI=1S/C16H15ClN2O/c17-13-7-5-12(6-8-13)11-20-15-4-2-1-3-14(15)16-18-9-10-19-16/h1-8H,9-11H2,(H,18,19). The van der Waals surface area contributed by atoms with Crippen LogP contribution in [0.5, 0.6) is 5.75 Å². The molecule has 0 spiro atoms. The lowest BCUT2D eigenvalue weighted by molar-refractivity contribution is 0.305. The molecule has 3 nitrogen and oxygen atoms in total. The largest absolute Gasteiger partial charge is 0.488 e. The lowest BCUT2D eigenvalue weighted by Crippen LogP contribution is -2.20. The summed E-state index contributed by atoms with van der Waals surface area (Å²) in [6.45, 7) is 2.23. The van der Waals surface area contributed by atoms with Crippen LogP contribution in [0.3, 0.4) is 0 Å². The van der Waals surface area contributed by atoms with E-state index in [0.717, 1.165) is 40.8 Å². The molecule has 1 heterocycles. The van der Waals surface area contributed by atoms with Crippen molar-refractivity contribution in [1.29, 1.82) is 0 Å². The summed E-state index contributed by atoms with van der Waals surface area (Å²) in [5.74, 6) is 1.76. The second-order valence-electron chi connectivity index (χ2n) is 4.57. The van der Waals surface area contributed by atoms with Crippen molar-refractivity contribution in [3.05, 3.63) is 64.7 Å². The third kappa shape index (κ3) is 2.94. The Bertz CT molecular complexity index is 623. The van der Waals surface area contributed by atoms with E-state index in [-0.39, 0.29) is 0 Å². The van der Waals surface area contributed by atoms with Crippen LogP contribution in [-0.4, -0.2) is 18.9 Å². The van der Waals surface area contributed by atoms with Gasteiger partial charge in [-0.15, -0.1) is 0 Å². The fourth-order valence-corrected chi connectivity index (χ4v) is 2.23. The number of aliphatic imine (C=N–C) groups is 1. The maximum atomic E-state index is 5.91. The molecule has 0 saturated carbocycles. The quantitative estimate of drug-likeness (QED) is 0.936. The third-order valence-corrected chi connectivity index (χ3v) is 3.38. The number of para-hydroxylation sites is 1. The van der Waals surface area contributed by atoms with Crippen molar-refractivity contribution >= 4 is 17.4 Å². The second kappa shape index (κ2) is 5.97. The highest BCUT2D eigenvalue weighted by atomic mass is 35.5. The van der Waals surface area contributed by atoms with Crippen LogP contribution in [0.25, 0.3) is 0 Å². The van der Waals surface area contributed by atoms with Gasteiger partial charge in [-0.1, -0.05) is 35.9 Å². The van der Waals surface area contributed by atoms with Crippen molar-refractivity contribution < 1.29 is 4.74 Å². The van der Waals surface area contributed by atoms with Gasteiger partial charge < -0.3 is 10.1 Å². The molecule has 0 aliphatic carbocycles. The van der Waals surface area contributed by atoms with Crippen LogP contribution in [-0.2, 0) is 6.61 Å². The van der Waals surface area contributed by atoms with E-state index < -0.39 is 0 Å². The Kier molecular flexibility index (Phi) is 3.88. The molecule has 102 valence electrons. The van der Waals surface area contributed by atoms with Crippen LogP contribution in [0.4, 0.5) is 0 Å². The number of amidine groups is 1. The van der Waals surface area contributed by atoms with E-state index in [1.807, 2.05) is 48.5 Å². The van der Waals surface area contributed by atoms with Crippen molar-refractivity contribution in [1.82, 2.24) is 5.32 Å². The number of nitrogens with one attached hydrogen (secondary N) is 1. The number of halogens is 1. The molecule has 2 aromatic carbocycles. The van der Waals surface area contributed by atoms with E-state index >= 15 is 0 Å². The second-order valence-corrected chi connectivity index (χ2v) is 5.00. The van der Waals surface area contributed by atoms with Gasteiger partial charge in [0.1, 0.15) is 18.2 Å². The molecule has 3 rings (SSSR count). The molecular weight excluding hydrogens is 272 g/mol. The number of hydrogen-bond donors (Lipinski definition) is 1. The molecule has 1 aliphatic heterocycles. The minimum atomic E-state index is 0.515. The Morgan fingerprint density at radius 1 is 1.10 bits per heavy atom. The van der Waals surface area contributed by atoms with Crippen LogP contribution in [0.15, 0.2) is 53.5 Å². The van der Waals surface area contributed by atoms with Crippen molar-refractivity contribution in [2.45, 2.75) is 6.61 Å². The third-order valence-electron chi connectivity index (χ3n) is 3.12. The van der Waals surface area contributed by atoms with Crippen LogP contribution in [0.2, 0.25) is 5.02 Å². The molecule has 0 atom stereocenters. The van der Waals surface area contributed by atoms with Gasteiger partial charge in [-0.2, -0.15) is 0 Å². The van der Waals surface area contributed by atoms with Gasteiger partial charge >= 0.3 is 0 Å². The predicted molar refractivity (Wildman–Crippen MR) is 81.6 cm³/mol. The summed E-state index contributed by atoms with van der Waals surface area (Å²) in [5.41, 5.74) is 2.10. The molecule has 1 aliphatic rings. The summed E-state index contributed by atoms with van der Waals surface area (Å²) >= 11 is 5.88. The monoisotopic (exact) mass is 286 g/mol. The molecule has 0 amide bonds.